The fourth-order valence-corrected chi connectivity index (χ4v) is 3.34. The van der Waals surface area contributed by atoms with Crippen LogP contribution in [0.1, 0.15) is 36.0 Å². The molecule has 1 saturated carbocycles. The minimum absolute atomic E-state index is 0.0544. The standard InChI is InChI=1S/C17H22N2O2/c18-9-12-5-1-2-6-13(12)10-19-17(20)15-11-21-16-8-4-3-7-14(15)16/h3-4,7-8,11-13H,1-2,5-6,9-10,18H2,(H,19,20). The summed E-state index contributed by atoms with van der Waals surface area (Å²) in [5.74, 6) is 0.993. The van der Waals surface area contributed by atoms with Gasteiger partial charge in [0.15, 0.2) is 0 Å². The number of benzene rings is 1. The van der Waals surface area contributed by atoms with Gasteiger partial charge in [0, 0.05) is 11.9 Å². The molecule has 0 radical (unpaired) electrons. The molecule has 1 fully saturated rings. The molecule has 3 N–H and O–H groups in total. The second kappa shape index (κ2) is 6.31. The van der Waals surface area contributed by atoms with Gasteiger partial charge in [0.25, 0.3) is 5.91 Å². The van der Waals surface area contributed by atoms with Crippen LogP contribution in [0, 0.1) is 11.8 Å². The predicted molar refractivity (Wildman–Crippen MR) is 83.0 cm³/mol. The van der Waals surface area contributed by atoms with Crippen LogP contribution in [0.15, 0.2) is 34.9 Å². The van der Waals surface area contributed by atoms with E-state index in [9.17, 15) is 4.79 Å². The Balaban J connectivity index is 1.66. The smallest absolute Gasteiger partial charge is 0.255 e. The van der Waals surface area contributed by atoms with E-state index in [4.69, 9.17) is 10.2 Å². The first-order chi connectivity index (χ1) is 10.3. The summed E-state index contributed by atoms with van der Waals surface area (Å²) in [6.07, 6.45) is 6.39. The average molecular weight is 286 g/mol. The number of carbonyl (C=O) groups is 1. The third kappa shape index (κ3) is 2.95. The lowest BCUT2D eigenvalue weighted by Crippen LogP contribution is -2.36. The first-order valence-corrected chi connectivity index (χ1v) is 7.74. The Morgan fingerprint density at radius 2 is 2.00 bits per heavy atom. The van der Waals surface area contributed by atoms with Crippen molar-refractivity contribution in [2.24, 2.45) is 17.6 Å². The Kier molecular flexibility index (Phi) is 4.25. The zero-order valence-corrected chi connectivity index (χ0v) is 12.2. The number of carbonyl (C=O) groups excluding carboxylic acids is 1. The van der Waals surface area contributed by atoms with Crippen molar-refractivity contribution in [1.82, 2.24) is 5.32 Å². The Morgan fingerprint density at radius 3 is 2.81 bits per heavy atom. The lowest BCUT2D eigenvalue weighted by atomic mass is 9.79. The molecule has 0 bridgehead atoms. The number of hydrogen-bond donors (Lipinski definition) is 2. The normalized spacial score (nSPS) is 22.3. The highest BCUT2D eigenvalue weighted by Gasteiger charge is 2.24. The van der Waals surface area contributed by atoms with Crippen molar-refractivity contribution in [3.63, 3.8) is 0 Å². The lowest BCUT2D eigenvalue weighted by molar-refractivity contribution is 0.0936. The summed E-state index contributed by atoms with van der Waals surface area (Å²) in [7, 11) is 0. The van der Waals surface area contributed by atoms with Crippen LogP contribution < -0.4 is 11.1 Å². The topological polar surface area (TPSA) is 68.3 Å². The van der Waals surface area contributed by atoms with E-state index in [0.717, 1.165) is 23.9 Å². The third-order valence-electron chi connectivity index (χ3n) is 4.62. The molecule has 112 valence electrons. The molecule has 0 spiro atoms. The molecular weight excluding hydrogens is 264 g/mol. The van der Waals surface area contributed by atoms with Crippen molar-refractivity contribution in [3.8, 4) is 0 Å². The number of para-hydroxylation sites is 1. The van der Waals surface area contributed by atoms with E-state index in [-0.39, 0.29) is 5.91 Å². The monoisotopic (exact) mass is 286 g/mol. The second-order valence-electron chi connectivity index (χ2n) is 5.90. The largest absolute Gasteiger partial charge is 0.463 e. The lowest BCUT2D eigenvalue weighted by Gasteiger charge is -2.30. The van der Waals surface area contributed by atoms with E-state index in [1.165, 1.54) is 19.3 Å². The number of hydrogen-bond acceptors (Lipinski definition) is 3. The van der Waals surface area contributed by atoms with Gasteiger partial charge in [-0.1, -0.05) is 31.0 Å². The summed E-state index contributed by atoms with van der Waals surface area (Å²) in [5, 5.41) is 3.93. The van der Waals surface area contributed by atoms with Crippen LogP contribution in [-0.4, -0.2) is 19.0 Å². The van der Waals surface area contributed by atoms with E-state index in [1.54, 1.807) is 6.26 Å². The van der Waals surface area contributed by atoms with Gasteiger partial charge in [-0.3, -0.25) is 4.79 Å². The molecule has 1 aliphatic carbocycles. The van der Waals surface area contributed by atoms with Gasteiger partial charge >= 0.3 is 0 Å². The predicted octanol–water partition coefficient (Wildman–Crippen LogP) is 2.93. The number of nitrogens with one attached hydrogen (secondary N) is 1. The van der Waals surface area contributed by atoms with Gasteiger partial charge in [-0.2, -0.15) is 0 Å². The summed E-state index contributed by atoms with van der Waals surface area (Å²) in [4.78, 5) is 12.4. The molecule has 1 heterocycles. The Morgan fingerprint density at radius 1 is 1.24 bits per heavy atom. The fraction of sp³-hybridized carbons (Fsp3) is 0.471. The molecule has 2 aromatic rings. The molecule has 1 aliphatic rings. The van der Waals surface area contributed by atoms with Crippen LogP contribution in [0.2, 0.25) is 0 Å². The van der Waals surface area contributed by atoms with E-state index < -0.39 is 0 Å². The molecule has 1 aromatic carbocycles. The van der Waals surface area contributed by atoms with Crippen LogP contribution in [0.25, 0.3) is 11.0 Å². The molecule has 0 aliphatic heterocycles. The van der Waals surface area contributed by atoms with Gasteiger partial charge in [0.2, 0.25) is 0 Å². The van der Waals surface area contributed by atoms with E-state index in [1.807, 2.05) is 24.3 Å². The van der Waals surface area contributed by atoms with Gasteiger partial charge in [0.05, 0.1) is 5.56 Å². The molecule has 1 amide bonds. The zero-order chi connectivity index (χ0) is 14.7. The van der Waals surface area contributed by atoms with Crippen LogP contribution in [-0.2, 0) is 0 Å². The van der Waals surface area contributed by atoms with Crippen molar-refractivity contribution < 1.29 is 9.21 Å². The molecular formula is C17H22N2O2. The van der Waals surface area contributed by atoms with E-state index >= 15 is 0 Å². The molecule has 0 saturated heterocycles. The Labute approximate surface area is 124 Å². The minimum atomic E-state index is -0.0544. The molecule has 4 nitrogen and oxygen atoms in total. The third-order valence-corrected chi connectivity index (χ3v) is 4.62. The molecule has 4 heteroatoms. The average Bonchev–Trinajstić information content (AvgIpc) is 2.97. The maximum atomic E-state index is 12.4. The first-order valence-electron chi connectivity index (χ1n) is 7.74. The van der Waals surface area contributed by atoms with Crippen LogP contribution in [0.3, 0.4) is 0 Å². The maximum Gasteiger partial charge on any atom is 0.255 e. The number of nitrogens with two attached hydrogens (primary N) is 1. The molecule has 3 rings (SSSR count). The Hall–Kier alpha value is -1.81. The molecule has 2 unspecified atom stereocenters. The molecule has 2 atom stereocenters. The highest BCUT2D eigenvalue weighted by Crippen LogP contribution is 2.29. The highest BCUT2D eigenvalue weighted by atomic mass is 16.3. The van der Waals surface area contributed by atoms with Crippen molar-refractivity contribution in [3.05, 3.63) is 36.1 Å². The van der Waals surface area contributed by atoms with Gasteiger partial charge in [0.1, 0.15) is 11.8 Å². The summed E-state index contributed by atoms with van der Waals surface area (Å²) in [6.45, 7) is 1.43. The van der Waals surface area contributed by atoms with Crippen LogP contribution in [0.4, 0.5) is 0 Å². The maximum absolute atomic E-state index is 12.4. The second-order valence-corrected chi connectivity index (χ2v) is 5.90. The summed E-state index contributed by atoms with van der Waals surface area (Å²) in [6, 6.07) is 7.61. The van der Waals surface area contributed by atoms with Gasteiger partial charge in [-0.05, 0) is 37.3 Å². The molecule has 1 aromatic heterocycles. The number of amides is 1. The number of furan rings is 1. The zero-order valence-electron chi connectivity index (χ0n) is 12.2. The summed E-state index contributed by atoms with van der Waals surface area (Å²) in [5.41, 5.74) is 7.21. The van der Waals surface area contributed by atoms with E-state index in [0.29, 0.717) is 23.9 Å². The van der Waals surface area contributed by atoms with Crippen molar-refractivity contribution in [2.45, 2.75) is 25.7 Å². The summed E-state index contributed by atoms with van der Waals surface area (Å²) < 4.78 is 5.42. The van der Waals surface area contributed by atoms with Crippen molar-refractivity contribution in [2.75, 3.05) is 13.1 Å². The quantitative estimate of drug-likeness (QED) is 0.908. The number of rotatable bonds is 4. The highest BCUT2D eigenvalue weighted by molar-refractivity contribution is 6.05. The van der Waals surface area contributed by atoms with Crippen molar-refractivity contribution in [1.29, 1.82) is 0 Å². The van der Waals surface area contributed by atoms with E-state index in [2.05, 4.69) is 5.32 Å². The Bertz CT molecular complexity index is 620. The SMILES string of the molecule is NCC1CCCCC1CNC(=O)c1coc2ccccc12. The minimum Gasteiger partial charge on any atom is -0.463 e. The van der Waals surface area contributed by atoms with Crippen LogP contribution >= 0.6 is 0 Å². The van der Waals surface area contributed by atoms with Crippen molar-refractivity contribution >= 4 is 16.9 Å². The summed E-state index contributed by atoms with van der Waals surface area (Å²) >= 11 is 0. The number of fused-ring (bicyclic) bond motifs is 1. The van der Waals surface area contributed by atoms with Gasteiger partial charge in [-0.25, -0.2) is 0 Å². The van der Waals surface area contributed by atoms with Crippen LogP contribution in [0.5, 0.6) is 0 Å². The first kappa shape index (κ1) is 14.1. The fourth-order valence-electron chi connectivity index (χ4n) is 3.34. The van der Waals surface area contributed by atoms with Gasteiger partial charge < -0.3 is 15.5 Å². The molecule has 21 heavy (non-hydrogen) atoms. The van der Waals surface area contributed by atoms with Gasteiger partial charge in [-0.15, -0.1) is 0 Å².